The van der Waals surface area contributed by atoms with E-state index in [9.17, 15) is 4.79 Å². The lowest BCUT2D eigenvalue weighted by Crippen LogP contribution is -2.14. The molecular weight excluding hydrogens is 252 g/mol. The number of aromatic nitrogens is 2. The predicted octanol–water partition coefficient (Wildman–Crippen LogP) is 3.31. The van der Waals surface area contributed by atoms with Crippen molar-refractivity contribution in [2.75, 3.05) is 0 Å². The molecular formula is C16H18N2O2. The predicted molar refractivity (Wildman–Crippen MR) is 76.6 cm³/mol. The fourth-order valence-electron chi connectivity index (χ4n) is 2.68. The first-order chi connectivity index (χ1) is 9.79. The van der Waals surface area contributed by atoms with Gasteiger partial charge in [0.2, 0.25) is 5.88 Å². The maximum absolute atomic E-state index is 11.3. The molecule has 20 heavy (non-hydrogen) atoms. The minimum atomic E-state index is 0.201. The highest BCUT2D eigenvalue weighted by Gasteiger charge is 2.23. The van der Waals surface area contributed by atoms with Crippen LogP contribution >= 0.6 is 0 Å². The molecule has 1 fully saturated rings. The molecule has 4 heteroatoms. The third-order valence-electron chi connectivity index (χ3n) is 3.76. The largest absolute Gasteiger partial charge is 0.474 e. The Morgan fingerprint density at radius 1 is 1.25 bits per heavy atom. The fraction of sp³-hybridized carbons (Fsp3) is 0.375. The van der Waals surface area contributed by atoms with Gasteiger partial charge in [-0.3, -0.25) is 4.79 Å². The quantitative estimate of drug-likeness (QED) is 0.800. The van der Waals surface area contributed by atoms with Gasteiger partial charge in [-0.15, -0.1) is 0 Å². The summed E-state index contributed by atoms with van der Waals surface area (Å²) in [7, 11) is 0. The molecule has 0 amide bonds. The summed E-state index contributed by atoms with van der Waals surface area (Å²) in [4.78, 5) is 11.3. The molecule has 0 bridgehead atoms. The van der Waals surface area contributed by atoms with Crippen LogP contribution in [-0.4, -0.2) is 22.2 Å². The number of benzene rings is 1. The van der Waals surface area contributed by atoms with Gasteiger partial charge in [0.1, 0.15) is 6.10 Å². The summed E-state index contributed by atoms with van der Waals surface area (Å²) >= 11 is 0. The van der Waals surface area contributed by atoms with Gasteiger partial charge in [-0.2, -0.15) is 5.10 Å². The third kappa shape index (κ3) is 2.33. The lowest BCUT2D eigenvalue weighted by atomic mass is 10.2. The molecule has 1 aliphatic carbocycles. The number of aryl methyl sites for hydroxylation is 1. The lowest BCUT2D eigenvalue weighted by Gasteiger charge is -2.15. The van der Waals surface area contributed by atoms with Crippen LogP contribution in [0.1, 0.15) is 41.7 Å². The molecule has 0 N–H and O–H groups in total. The highest BCUT2D eigenvalue weighted by Crippen LogP contribution is 2.29. The van der Waals surface area contributed by atoms with Gasteiger partial charge in [0.15, 0.2) is 6.29 Å². The van der Waals surface area contributed by atoms with Crippen molar-refractivity contribution in [1.82, 2.24) is 9.78 Å². The van der Waals surface area contributed by atoms with Crippen LogP contribution in [0, 0.1) is 6.92 Å². The number of ether oxygens (including phenoxy) is 1. The average molecular weight is 270 g/mol. The number of aldehydes is 1. The van der Waals surface area contributed by atoms with Crippen LogP contribution in [0.3, 0.4) is 0 Å². The molecule has 0 aliphatic heterocycles. The van der Waals surface area contributed by atoms with E-state index in [1.54, 1.807) is 4.68 Å². The van der Waals surface area contributed by atoms with Gasteiger partial charge >= 0.3 is 0 Å². The normalized spacial score (nSPS) is 15.4. The van der Waals surface area contributed by atoms with Crippen LogP contribution in [0.15, 0.2) is 30.3 Å². The maximum Gasteiger partial charge on any atom is 0.228 e. The zero-order valence-electron chi connectivity index (χ0n) is 11.6. The second-order valence-corrected chi connectivity index (χ2v) is 5.19. The Morgan fingerprint density at radius 2 is 1.95 bits per heavy atom. The van der Waals surface area contributed by atoms with Crippen molar-refractivity contribution in [2.24, 2.45) is 0 Å². The summed E-state index contributed by atoms with van der Waals surface area (Å²) in [6.07, 6.45) is 5.53. The number of hydrogen-bond acceptors (Lipinski definition) is 3. The molecule has 1 heterocycles. The van der Waals surface area contributed by atoms with Gasteiger partial charge in [-0.1, -0.05) is 18.2 Å². The van der Waals surface area contributed by atoms with Gasteiger partial charge in [0.25, 0.3) is 0 Å². The molecule has 1 aromatic carbocycles. The summed E-state index contributed by atoms with van der Waals surface area (Å²) in [6, 6.07) is 9.78. The summed E-state index contributed by atoms with van der Waals surface area (Å²) in [5.74, 6) is 0.579. The number of carbonyl (C=O) groups is 1. The first-order valence-electron chi connectivity index (χ1n) is 7.06. The highest BCUT2D eigenvalue weighted by molar-refractivity contribution is 5.80. The standard InChI is InChI=1S/C16H18N2O2/c1-12-15(11-19)16(20-14-9-5-6-10-14)18(17-12)13-7-3-2-4-8-13/h2-4,7-8,11,14H,5-6,9-10H2,1H3. The number of para-hydroxylation sites is 1. The zero-order chi connectivity index (χ0) is 13.9. The second-order valence-electron chi connectivity index (χ2n) is 5.19. The lowest BCUT2D eigenvalue weighted by molar-refractivity contribution is 0.111. The Labute approximate surface area is 118 Å². The van der Waals surface area contributed by atoms with Crippen LogP contribution in [0.5, 0.6) is 5.88 Å². The molecule has 1 aromatic heterocycles. The Morgan fingerprint density at radius 3 is 2.60 bits per heavy atom. The zero-order valence-corrected chi connectivity index (χ0v) is 11.6. The van der Waals surface area contributed by atoms with Crippen molar-refractivity contribution < 1.29 is 9.53 Å². The van der Waals surface area contributed by atoms with E-state index in [0.717, 1.165) is 24.8 Å². The van der Waals surface area contributed by atoms with E-state index in [-0.39, 0.29) is 6.10 Å². The summed E-state index contributed by atoms with van der Waals surface area (Å²) in [5.41, 5.74) is 2.18. The van der Waals surface area contributed by atoms with Gasteiger partial charge in [-0.25, -0.2) is 4.68 Å². The highest BCUT2D eigenvalue weighted by atomic mass is 16.5. The monoisotopic (exact) mass is 270 g/mol. The van der Waals surface area contributed by atoms with E-state index < -0.39 is 0 Å². The van der Waals surface area contributed by atoms with Crippen molar-refractivity contribution in [3.63, 3.8) is 0 Å². The Kier molecular flexibility index (Phi) is 3.54. The molecule has 1 saturated carbocycles. The van der Waals surface area contributed by atoms with Gasteiger partial charge in [0.05, 0.1) is 16.9 Å². The van der Waals surface area contributed by atoms with E-state index in [0.29, 0.717) is 17.1 Å². The van der Waals surface area contributed by atoms with Crippen LogP contribution < -0.4 is 4.74 Å². The number of hydrogen-bond donors (Lipinski definition) is 0. The number of carbonyl (C=O) groups excluding carboxylic acids is 1. The van der Waals surface area contributed by atoms with Crippen LogP contribution in [-0.2, 0) is 0 Å². The molecule has 4 nitrogen and oxygen atoms in total. The molecule has 0 atom stereocenters. The molecule has 1 aliphatic rings. The van der Waals surface area contributed by atoms with Gasteiger partial charge in [0, 0.05) is 0 Å². The molecule has 0 unspecified atom stereocenters. The van der Waals surface area contributed by atoms with E-state index in [2.05, 4.69) is 5.10 Å². The van der Waals surface area contributed by atoms with Crippen LogP contribution in [0.4, 0.5) is 0 Å². The SMILES string of the molecule is Cc1nn(-c2ccccc2)c(OC2CCCC2)c1C=O. The number of rotatable bonds is 4. The van der Waals surface area contributed by atoms with Crippen molar-refractivity contribution >= 4 is 6.29 Å². The van der Waals surface area contributed by atoms with Crippen LogP contribution in [0.25, 0.3) is 5.69 Å². The molecule has 2 aromatic rings. The molecule has 0 saturated heterocycles. The van der Waals surface area contributed by atoms with Gasteiger partial charge < -0.3 is 4.74 Å². The van der Waals surface area contributed by atoms with Crippen molar-refractivity contribution in [3.05, 3.63) is 41.6 Å². The molecule has 0 radical (unpaired) electrons. The second kappa shape index (κ2) is 5.49. The summed E-state index contributed by atoms with van der Waals surface area (Å²) in [5, 5.41) is 4.45. The summed E-state index contributed by atoms with van der Waals surface area (Å²) < 4.78 is 7.81. The fourth-order valence-corrected chi connectivity index (χ4v) is 2.68. The summed E-state index contributed by atoms with van der Waals surface area (Å²) in [6.45, 7) is 1.84. The minimum absolute atomic E-state index is 0.201. The van der Waals surface area contributed by atoms with E-state index in [1.807, 2.05) is 37.3 Å². The van der Waals surface area contributed by atoms with Gasteiger partial charge in [-0.05, 0) is 44.7 Å². The van der Waals surface area contributed by atoms with Crippen molar-refractivity contribution in [2.45, 2.75) is 38.7 Å². The smallest absolute Gasteiger partial charge is 0.228 e. The maximum atomic E-state index is 11.3. The Bertz CT molecular complexity index is 598. The van der Waals surface area contributed by atoms with E-state index in [1.165, 1.54) is 12.8 Å². The topological polar surface area (TPSA) is 44.1 Å². The van der Waals surface area contributed by atoms with Crippen molar-refractivity contribution in [1.29, 1.82) is 0 Å². The van der Waals surface area contributed by atoms with Crippen molar-refractivity contribution in [3.8, 4) is 11.6 Å². The first-order valence-corrected chi connectivity index (χ1v) is 7.06. The third-order valence-corrected chi connectivity index (χ3v) is 3.76. The minimum Gasteiger partial charge on any atom is -0.474 e. The molecule has 0 spiro atoms. The molecule has 3 rings (SSSR count). The first kappa shape index (κ1) is 12.9. The van der Waals surface area contributed by atoms with E-state index >= 15 is 0 Å². The average Bonchev–Trinajstić information content (AvgIpc) is 3.08. The Hall–Kier alpha value is -2.10. The Balaban J connectivity index is 2.02. The van der Waals surface area contributed by atoms with E-state index in [4.69, 9.17) is 4.74 Å². The van der Waals surface area contributed by atoms with Crippen LogP contribution in [0.2, 0.25) is 0 Å². The molecule has 104 valence electrons. The number of nitrogens with zero attached hydrogens (tertiary/aromatic N) is 2.